The molecule has 0 aliphatic carbocycles. The molecular formula is C6H10N2O3. The lowest BCUT2D eigenvalue weighted by molar-refractivity contribution is 0.266. The fourth-order valence-electron chi connectivity index (χ4n) is 0.591. The van der Waals surface area contributed by atoms with E-state index in [1.807, 2.05) is 0 Å². The minimum Gasteiger partial charge on any atom is -0.463 e. The largest absolute Gasteiger partial charge is 0.463 e. The van der Waals surface area contributed by atoms with Crippen LogP contribution in [0.1, 0.15) is 19.8 Å². The molecule has 0 atom stereocenters. The summed E-state index contributed by atoms with van der Waals surface area (Å²) >= 11 is 0. The smallest absolute Gasteiger partial charge is 0.441 e. The highest BCUT2D eigenvalue weighted by Gasteiger charge is 1.98. The lowest BCUT2D eigenvalue weighted by Gasteiger charge is -1.96. The Kier molecular flexibility index (Phi) is 2.71. The van der Waals surface area contributed by atoms with Crippen LogP contribution in [0, 0.1) is 0 Å². The fraction of sp³-hybridized carbons (Fsp3) is 0.667. The monoisotopic (exact) mass is 158 g/mol. The second kappa shape index (κ2) is 3.80. The van der Waals surface area contributed by atoms with E-state index in [2.05, 4.69) is 21.6 Å². The number of nitrogens with zero attached hydrogens (tertiary/aromatic N) is 1. The molecule has 1 N–H and O–H groups in total. The number of hydrogen-bond donors (Lipinski definition) is 1. The zero-order chi connectivity index (χ0) is 8.10. The molecule has 0 aliphatic heterocycles. The van der Waals surface area contributed by atoms with Crippen LogP contribution in [0.15, 0.2) is 9.32 Å². The van der Waals surface area contributed by atoms with E-state index in [-0.39, 0.29) is 6.01 Å². The molecule has 1 aromatic heterocycles. The average molecular weight is 158 g/mol. The quantitative estimate of drug-likeness (QED) is 0.649. The lowest BCUT2D eigenvalue weighted by Crippen LogP contribution is -2.00. The number of H-pyrrole nitrogens is 1. The molecular weight excluding hydrogens is 148 g/mol. The molecule has 5 nitrogen and oxygen atoms in total. The highest BCUT2D eigenvalue weighted by molar-refractivity contribution is 4.82. The van der Waals surface area contributed by atoms with Crippen LogP contribution in [0.25, 0.3) is 0 Å². The van der Waals surface area contributed by atoms with Gasteiger partial charge in [-0.15, -0.1) is 0 Å². The SMILES string of the molecule is CCCCOc1noc(=O)[nH]1. The van der Waals surface area contributed by atoms with Crippen LogP contribution in [-0.4, -0.2) is 16.7 Å². The van der Waals surface area contributed by atoms with Gasteiger partial charge < -0.3 is 4.74 Å². The van der Waals surface area contributed by atoms with Gasteiger partial charge in [0.15, 0.2) is 0 Å². The zero-order valence-electron chi connectivity index (χ0n) is 6.29. The van der Waals surface area contributed by atoms with E-state index in [1.165, 1.54) is 0 Å². The van der Waals surface area contributed by atoms with E-state index < -0.39 is 5.76 Å². The number of aromatic nitrogens is 2. The van der Waals surface area contributed by atoms with Gasteiger partial charge in [-0.2, -0.15) is 0 Å². The third-order valence-electron chi connectivity index (χ3n) is 1.16. The van der Waals surface area contributed by atoms with Crippen molar-refractivity contribution in [3.8, 4) is 6.01 Å². The van der Waals surface area contributed by atoms with Gasteiger partial charge in [0.2, 0.25) is 0 Å². The van der Waals surface area contributed by atoms with Crippen LogP contribution in [0.3, 0.4) is 0 Å². The van der Waals surface area contributed by atoms with Crippen LogP contribution in [0.2, 0.25) is 0 Å². The van der Waals surface area contributed by atoms with Gasteiger partial charge in [-0.25, -0.2) is 9.78 Å². The van der Waals surface area contributed by atoms with Crippen molar-refractivity contribution >= 4 is 0 Å². The van der Waals surface area contributed by atoms with Gasteiger partial charge in [-0.05, 0) is 11.6 Å². The Bertz CT molecular complexity index is 252. The molecule has 0 fully saturated rings. The molecule has 1 heterocycles. The van der Waals surface area contributed by atoms with Gasteiger partial charge in [-0.3, -0.25) is 4.52 Å². The van der Waals surface area contributed by atoms with E-state index in [1.54, 1.807) is 0 Å². The van der Waals surface area contributed by atoms with Crippen molar-refractivity contribution in [3.05, 3.63) is 10.6 Å². The highest BCUT2D eigenvalue weighted by Crippen LogP contribution is 1.96. The zero-order valence-corrected chi connectivity index (χ0v) is 6.29. The first-order chi connectivity index (χ1) is 5.33. The Morgan fingerprint density at radius 2 is 2.55 bits per heavy atom. The first-order valence-corrected chi connectivity index (χ1v) is 3.51. The first kappa shape index (κ1) is 7.84. The van der Waals surface area contributed by atoms with Crippen LogP contribution < -0.4 is 10.5 Å². The van der Waals surface area contributed by atoms with Crippen LogP contribution in [0.5, 0.6) is 6.01 Å². The topological polar surface area (TPSA) is 68.1 Å². The summed E-state index contributed by atoms with van der Waals surface area (Å²) in [6.45, 7) is 2.61. The van der Waals surface area contributed by atoms with Crippen molar-refractivity contribution in [1.29, 1.82) is 0 Å². The average Bonchev–Trinajstić information content (AvgIpc) is 2.37. The van der Waals surface area contributed by atoms with Gasteiger partial charge in [-0.1, -0.05) is 13.3 Å². The van der Waals surface area contributed by atoms with E-state index in [9.17, 15) is 4.79 Å². The van der Waals surface area contributed by atoms with E-state index >= 15 is 0 Å². The van der Waals surface area contributed by atoms with Crippen LogP contribution >= 0.6 is 0 Å². The molecule has 11 heavy (non-hydrogen) atoms. The summed E-state index contributed by atoms with van der Waals surface area (Å²) in [7, 11) is 0. The van der Waals surface area contributed by atoms with Crippen molar-refractivity contribution in [2.24, 2.45) is 0 Å². The highest BCUT2D eigenvalue weighted by atomic mass is 16.6. The Morgan fingerprint density at radius 1 is 1.73 bits per heavy atom. The summed E-state index contributed by atoms with van der Waals surface area (Å²) in [5.74, 6) is -0.587. The number of ether oxygens (including phenoxy) is 1. The summed E-state index contributed by atoms with van der Waals surface area (Å²) in [4.78, 5) is 12.6. The third-order valence-corrected chi connectivity index (χ3v) is 1.16. The van der Waals surface area contributed by atoms with Crippen LogP contribution in [0.4, 0.5) is 0 Å². The Labute approximate surface area is 63.4 Å². The van der Waals surface area contributed by atoms with Crippen molar-refractivity contribution < 1.29 is 9.26 Å². The van der Waals surface area contributed by atoms with E-state index in [0.29, 0.717) is 6.61 Å². The molecule has 0 amide bonds. The molecule has 0 bridgehead atoms. The van der Waals surface area contributed by atoms with Gasteiger partial charge in [0.05, 0.1) is 6.61 Å². The van der Waals surface area contributed by atoms with Crippen LogP contribution in [-0.2, 0) is 0 Å². The summed E-state index contributed by atoms with van der Waals surface area (Å²) in [6, 6.07) is 0.156. The summed E-state index contributed by atoms with van der Waals surface area (Å²) in [6.07, 6.45) is 1.98. The molecule has 0 saturated heterocycles. The maximum Gasteiger partial charge on any atom is 0.441 e. The summed E-state index contributed by atoms with van der Waals surface area (Å²) < 4.78 is 9.22. The molecule has 1 aromatic rings. The predicted octanol–water partition coefficient (Wildman–Crippen LogP) is 0.542. The van der Waals surface area contributed by atoms with Crippen molar-refractivity contribution in [2.45, 2.75) is 19.8 Å². The predicted molar refractivity (Wildman–Crippen MR) is 37.5 cm³/mol. The number of aromatic amines is 1. The molecule has 0 saturated carbocycles. The Balaban J connectivity index is 2.33. The summed E-state index contributed by atoms with van der Waals surface area (Å²) in [5, 5.41) is 3.32. The fourth-order valence-corrected chi connectivity index (χ4v) is 0.591. The molecule has 5 heteroatoms. The Morgan fingerprint density at radius 3 is 3.09 bits per heavy atom. The van der Waals surface area contributed by atoms with E-state index in [4.69, 9.17) is 4.74 Å². The second-order valence-corrected chi connectivity index (χ2v) is 2.10. The summed E-state index contributed by atoms with van der Waals surface area (Å²) in [5.41, 5.74) is 0. The maximum atomic E-state index is 10.4. The number of unbranched alkanes of at least 4 members (excludes halogenated alkanes) is 1. The number of rotatable bonds is 4. The van der Waals surface area contributed by atoms with Crippen molar-refractivity contribution in [2.75, 3.05) is 6.61 Å². The lowest BCUT2D eigenvalue weighted by atomic mass is 10.4. The number of hydrogen-bond acceptors (Lipinski definition) is 4. The van der Waals surface area contributed by atoms with Gasteiger partial charge in [0.25, 0.3) is 0 Å². The molecule has 62 valence electrons. The molecule has 1 rings (SSSR count). The van der Waals surface area contributed by atoms with E-state index in [0.717, 1.165) is 12.8 Å². The Hall–Kier alpha value is -1.26. The molecule has 0 spiro atoms. The van der Waals surface area contributed by atoms with Crippen molar-refractivity contribution in [3.63, 3.8) is 0 Å². The standard InChI is InChI=1S/C6H10N2O3/c1-2-3-4-10-5-7-6(9)11-8-5/h2-4H2,1H3,(H,7,8,9). The normalized spacial score (nSPS) is 9.91. The van der Waals surface area contributed by atoms with Gasteiger partial charge >= 0.3 is 11.8 Å². The first-order valence-electron chi connectivity index (χ1n) is 3.51. The van der Waals surface area contributed by atoms with Crippen molar-refractivity contribution in [1.82, 2.24) is 10.1 Å². The molecule has 0 unspecified atom stereocenters. The maximum absolute atomic E-state index is 10.4. The van der Waals surface area contributed by atoms with Gasteiger partial charge in [0.1, 0.15) is 0 Å². The minimum atomic E-state index is -0.587. The second-order valence-electron chi connectivity index (χ2n) is 2.10. The number of nitrogens with one attached hydrogen (secondary N) is 1. The van der Waals surface area contributed by atoms with Gasteiger partial charge in [0, 0.05) is 0 Å². The molecule has 0 aliphatic rings. The molecule has 0 aromatic carbocycles. The molecule has 0 radical (unpaired) electrons. The minimum absolute atomic E-state index is 0.156. The third kappa shape index (κ3) is 2.45.